The van der Waals surface area contributed by atoms with Crippen LogP contribution in [0, 0.1) is 0 Å². The van der Waals surface area contributed by atoms with E-state index in [1.165, 1.54) is 0 Å². The number of benzene rings is 1. The number of hydrogen-bond acceptors (Lipinski definition) is 6. The lowest BCUT2D eigenvalue weighted by Crippen LogP contribution is -2.37. The minimum atomic E-state index is -0.186. The van der Waals surface area contributed by atoms with E-state index in [-0.39, 0.29) is 11.9 Å². The van der Waals surface area contributed by atoms with Gasteiger partial charge < -0.3 is 24.3 Å². The van der Waals surface area contributed by atoms with E-state index in [9.17, 15) is 4.79 Å². The van der Waals surface area contributed by atoms with E-state index in [1.807, 2.05) is 31.0 Å². The van der Waals surface area contributed by atoms with Crippen LogP contribution in [-0.4, -0.2) is 66.0 Å². The summed E-state index contributed by atoms with van der Waals surface area (Å²) in [5.41, 5.74) is 0.880. The van der Waals surface area contributed by atoms with Crippen LogP contribution in [0.1, 0.15) is 24.9 Å². The molecule has 0 aliphatic heterocycles. The van der Waals surface area contributed by atoms with Crippen molar-refractivity contribution >= 4 is 5.91 Å². The summed E-state index contributed by atoms with van der Waals surface area (Å²) in [5, 5.41) is 2.99. The Kier molecular flexibility index (Phi) is 9.08. The largest absolute Gasteiger partial charge is 0.493 e. The molecule has 1 amide bonds. The molecule has 0 aliphatic carbocycles. The Bertz CT molecular complexity index is 525. The van der Waals surface area contributed by atoms with E-state index in [0.29, 0.717) is 30.4 Å². The zero-order valence-corrected chi connectivity index (χ0v) is 16.0. The normalized spacial score (nSPS) is 12.0. The van der Waals surface area contributed by atoms with Gasteiger partial charge in [0.25, 0.3) is 0 Å². The predicted octanol–water partition coefficient (Wildman–Crippen LogP) is 1.86. The van der Waals surface area contributed by atoms with Gasteiger partial charge in [-0.25, -0.2) is 0 Å². The zero-order chi connectivity index (χ0) is 18.8. The van der Waals surface area contributed by atoms with Crippen molar-refractivity contribution in [1.82, 2.24) is 10.2 Å². The minimum absolute atomic E-state index is 0.0406. The number of nitrogens with zero attached hydrogens (tertiary/aromatic N) is 1. The molecule has 142 valence electrons. The van der Waals surface area contributed by atoms with Crippen molar-refractivity contribution in [2.45, 2.75) is 19.4 Å². The molecule has 7 heteroatoms. The molecule has 1 unspecified atom stereocenters. The van der Waals surface area contributed by atoms with Gasteiger partial charge in [0.2, 0.25) is 11.7 Å². The van der Waals surface area contributed by atoms with E-state index in [4.69, 9.17) is 18.9 Å². The summed E-state index contributed by atoms with van der Waals surface area (Å²) in [5.74, 6) is 1.62. The van der Waals surface area contributed by atoms with Crippen LogP contribution < -0.4 is 19.5 Å². The Morgan fingerprint density at radius 2 is 1.72 bits per heavy atom. The Morgan fingerprint density at radius 3 is 2.20 bits per heavy atom. The van der Waals surface area contributed by atoms with Gasteiger partial charge in [-0.2, -0.15) is 0 Å². The van der Waals surface area contributed by atoms with Gasteiger partial charge in [-0.05, 0) is 38.1 Å². The standard InChI is InChI=1S/C18H30N2O5/c1-13(19-17(21)12-20(2)8-7-9-22-3)14-10-15(23-4)18(25-6)16(11-14)24-5/h10-11,13H,7-9,12H2,1-6H3,(H,19,21). The maximum absolute atomic E-state index is 12.2. The van der Waals surface area contributed by atoms with Gasteiger partial charge in [0, 0.05) is 20.3 Å². The third-order valence-electron chi connectivity index (χ3n) is 3.87. The summed E-state index contributed by atoms with van der Waals surface area (Å²) in [6.45, 7) is 3.75. The molecule has 0 fully saturated rings. The number of carbonyl (C=O) groups is 1. The summed E-state index contributed by atoms with van der Waals surface area (Å²) < 4.78 is 21.1. The molecule has 0 spiro atoms. The molecule has 0 bridgehead atoms. The summed E-state index contributed by atoms with van der Waals surface area (Å²) in [6.07, 6.45) is 0.892. The number of ether oxygens (including phenoxy) is 4. The van der Waals surface area contributed by atoms with Gasteiger partial charge >= 0.3 is 0 Å². The molecule has 1 aromatic rings. The van der Waals surface area contributed by atoms with Crippen molar-refractivity contribution in [3.05, 3.63) is 17.7 Å². The van der Waals surface area contributed by atoms with Crippen LogP contribution in [-0.2, 0) is 9.53 Å². The van der Waals surface area contributed by atoms with Crippen molar-refractivity contribution in [2.75, 3.05) is 55.2 Å². The second-order valence-corrected chi connectivity index (χ2v) is 5.83. The Balaban J connectivity index is 2.73. The molecular formula is C18H30N2O5. The highest BCUT2D eigenvalue weighted by Gasteiger charge is 2.18. The maximum Gasteiger partial charge on any atom is 0.234 e. The molecule has 1 N–H and O–H groups in total. The third kappa shape index (κ3) is 6.43. The lowest BCUT2D eigenvalue weighted by Gasteiger charge is -2.21. The lowest BCUT2D eigenvalue weighted by atomic mass is 10.1. The number of carbonyl (C=O) groups excluding carboxylic acids is 1. The lowest BCUT2D eigenvalue weighted by molar-refractivity contribution is -0.122. The van der Waals surface area contributed by atoms with Crippen LogP contribution in [0.25, 0.3) is 0 Å². The van der Waals surface area contributed by atoms with Crippen molar-refractivity contribution in [3.8, 4) is 17.2 Å². The SMILES string of the molecule is COCCCN(C)CC(=O)NC(C)c1cc(OC)c(OC)c(OC)c1. The highest BCUT2D eigenvalue weighted by Crippen LogP contribution is 2.39. The van der Waals surface area contributed by atoms with Crippen LogP contribution in [0.2, 0.25) is 0 Å². The quantitative estimate of drug-likeness (QED) is 0.612. The Morgan fingerprint density at radius 1 is 1.12 bits per heavy atom. The first kappa shape index (κ1) is 21.1. The highest BCUT2D eigenvalue weighted by molar-refractivity contribution is 5.78. The molecule has 1 atom stereocenters. The fourth-order valence-corrected chi connectivity index (χ4v) is 2.52. The molecule has 0 radical (unpaired) electrons. The van der Waals surface area contributed by atoms with Crippen molar-refractivity contribution in [1.29, 1.82) is 0 Å². The monoisotopic (exact) mass is 354 g/mol. The van der Waals surface area contributed by atoms with Crippen molar-refractivity contribution in [2.24, 2.45) is 0 Å². The topological polar surface area (TPSA) is 69.3 Å². The number of likely N-dealkylation sites (N-methyl/N-ethyl adjacent to an activating group) is 1. The predicted molar refractivity (Wildman–Crippen MR) is 96.6 cm³/mol. The zero-order valence-electron chi connectivity index (χ0n) is 16.0. The van der Waals surface area contributed by atoms with Crippen LogP contribution in [0.15, 0.2) is 12.1 Å². The number of amides is 1. The van der Waals surface area contributed by atoms with Gasteiger partial charge in [0.1, 0.15) is 0 Å². The van der Waals surface area contributed by atoms with Crippen LogP contribution in [0.4, 0.5) is 0 Å². The van der Waals surface area contributed by atoms with Gasteiger partial charge in [-0.3, -0.25) is 9.69 Å². The summed E-state index contributed by atoms with van der Waals surface area (Å²) >= 11 is 0. The van der Waals surface area contributed by atoms with Gasteiger partial charge in [-0.15, -0.1) is 0 Å². The van der Waals surface area contributed by atoms with E-state index in [0.717, 1.165) is 18.5 Å². The Labute approximate surface area is 150 Å². The molecule has 1 rings (SSSR count). The third-order valence-corrected chi connectivity index (χ3v) is 3.87. The average Bonchev–Trinajstić information content (AvgIpc) is 2.60. The smallest absolute Gasteiger partial charge is 0.234 e. The highest BCUT2D eigenvalue weighted by atomic mass is 16.5. The van der Waals surface area contributed by atoms with Gasteiger partial charge in [0.15, 0.2) is 11.5 Å². The first-order chi connectivity index (χ1) is 12.0. The van der Waals surface area contributed by atoms with Crippen LogP contribution >= 0.6 is 0 Å². The molecule has 0 saturated carbocycles. The summed E-state index contributed by atoms with van der Waals surface area (Å²) in [6, 6.07) is 3.50. The summed E-state index contributed by atoms with van der Waals surface area (Å²) in [7, 11) is 8.29. The van der Waals surface area contributed by atoms with Crippen molar-refractivity contribution in [3.63, 3.8) is 0 Å². The molecule has 1 aromatic carbocycles. The van der Waals surface area contributed by atoms with E-state index in [2.05, 4.69) is 5.32 Å². The second kappa shape index (κ2) is 10.8. The van der Waals surface area contributed by atoms with Crippen LogP contribution in [0.3, 0.4) is 0 Å². The van der Waals surface area contributed by atoms with E-state index < -0.39 is 0 Å². The number of methoxy groups -OCH3 is 4. The average molecular weight is 354 g/mol. The molecule has 0 aromatic heterocycles. The maximum atomic E-state index is 12.2. The van der Waals surface area contributed by atoms with E-state index in [1.54, 1.807) is 28.4 Å². The fourth-order valence-electron chi connectivity index (χ4n) is 2.52. The number of hydrogen-bond donors (Lipinski definition) is 1. The molecular weight excluding hydrogens is 324 g/mol. The second-order valence-electron chi connectivity index (χ2n) is 5.83. The first-order valence-electron chi connectivity index (χ1n) is 8.23. The molecule has 25 heavy (non-hydrogen) atoms. The molecule has 0 aliphatic rings. The Hall–Kier alpha value is -1.99. The van der Waals surface area contributed by atoms with Gasteiger partial charge in [0.05, 0.1) is 33.9 Å². The van der Waals surface area contributed by atoms with Gasteiger partial charge in [-0.1, -0.05) is 0 Å². The molecule has 7 nitrogen and oxygen atoms in total. The first-order valence-corrected chi connectivity index (χ1v) is 8.23. The summed E-state index contributed by atoms with van der Waals surface area (Å²) in [4.78, 5) is 14.2. The van der Waals surface area contributed by atoms with Crippen molar-refractivity contribution < 1.29 is 23.7 Å². The number of rotatable bonds is 11. The van der Waals surface area contributed by atoms with Crippen LogP contribution in [0.5, 0.6) is 17.2 Å². The number of nitrogens with one attached hydrogen (secondary N) is 1. The molecule has 0 heterocycles. The minimum Gasteiger partial charge on any atom is -0.493 e. The molecule has 0 saturated heterocycles. The van der Waals surface area contributed by atoms with E-state index >= 15 is 0 Å². The fraction of sp³-hybridized carbons (Fsp3) is 0.611.